The first-order valence-corrected chi connectivity index (χ1v) is 8.42. The number of anilines is 1. The molecule has 0 saturated carbocycles. The quantitative estimate of drug-likeness (QED) is 0.809. The van der Waals surface area contributed by atoms with E-state index in [1.165, 1.54) is 22.2 Å². The van der Waals surface area contributed by atoms with Crippen LogP contribution in [0.1, 0.15) is 23.2 Å². The molecular formula is C17H22N6O. The van der Waals surface area contributed by atoms with Crippen LogP contribution in [-0.4, -0.2) is 50.8 Å². The Hall–Kier alpha value is -2.28. The predicted molar refractivity (Wildman–Crippen MR) is 91.0 cm³/mol. The molecule has 2 aromatic heterocycles. The summed E-state index contributed by atoms with van der Waals surface area (Å²) in [7, 11) is 3.79. The van der Waals surface area contributed by atoms with Crippen LogP contribution < -0.4 is 10.5 Å². The molecule has 0 spiro atoms. The van der Waals surface area contributed by atoms with Crippen LogP contribution >= 0.6 is 0 Å². The Labute approximate surface area is 140 Å². The highest BCUT2D eigenvalue weighted by Gasteiger charge is 2.32. The number of nitrogens with zero attached hydrogens (tertiary/aromatic N) is 6. The average Bonchev–Trinajstić information content (AvgIpc) is 2.98. The molecule has 4 rings (SSSR count). The van der Waals surface area contributed by atoms with E-state index in [1.807, 2.05) is 0 Å². The van der Waals surface area contributed by atoms with Gasteiger partial charge in [0.2, 0.25) is 0 Å². The van der Waals surface area contributed by atoms with Gasteiger partial charge in [-0.2, -0.15) is 5.10 Å². The molecule has 126 valence electrons. The monoisotopic (exact) mass is 326 g/mol. The van der Waals surface area contributed by atoms with Crippen molar-refractivity contribution in [2.75, 3.05) is 25.0 Å². The molecular weight excluding hydrogens is 304 g/mol. The molecule has 3 heterocycles. The fourth-order valence-electron chi connectivity index (χ4n) is 3.46. The minimum Gasteiger partial charge on any atom is -0.352 e. The van der Waals surface area contributed by atoms with Crippen molar-refractivity contribution in [3.8, 4) is 0 Å². The van der Waals surface area contributed by atoms with E-state index < -0.39 is 0 Å². The van der Waals surface area contributed by atoms with Crippen LogP contribution in [0.4, 0.5) is 5.82 Å². The molecule has 2 aliphatic rings. The number of hydrogen-bond acceptors (Lipinski definition) is 6. The highest BCUT2D eigenvalue weighted by atomic mass is 16.1. The molecule has 0 unspecified atom stereocenters. The highest BCUT2D eigenvalue weighted by Crippen LogP contribution is 2.26. The lowest BCUT2D eigenvalue weighted by Gasteiger charge is -2.44. The molecule has 2 aromatic rings. The Morgan fingerprint density at radius 2 is 2.12 bits per heavy atom. The summed E-state index contributed by atoms with van der Waals surface area (Å²) in [5, 5.41) is 8.73. The number of hydrogen-bond donors (Lipinski definition) is 0. The van der Waals surface area contributed by atoms with Gasteiger partial charge < -0.3 is 9.47 Å². The number of fused-ring (bicyclic) bond motifs is 1. The Balaban J connectivity index is 1.38. The molecule has 0 aromatic carbocycles. The van der Waals surface area contributed by atoms with Crippen LogP contribution in [0.5, 0.6) is 0 Å². The Morgan fingerprint density at radius 3 is 2.96 bits per heavy atom. The Bertz CT molecular complexity index is 811. The van der Waals surface area contributed by atoms with Gasteiger partial charge in [-0.3, -0.25) is 9.69 Å². The predicted octanol–water partition coefficient (Wildman–Crippen LogP) is 0.380. The molecule has 7 nitrogen and oxygen atoms in total. The molecule has 0 bridgehead atoms. The lowest BCUT2D eigenvalue weighted by Crippen LogP contribution is -2.58. The van der Waals surface area contributed by atoms with Gasteiger partial charge in [-0.15, -0.1) is 5.10 Å². The Morgan fingerprint density at radius 1 is 1.29 bits per heavy atom. The average molecular weight is 326 g/mol. The number of aromatic nitrogens is 4. The lowest BCUT2D eigenvalue weighted by molar-refractivity contribution is 0.195. The zero-order valence-electron chi connectivity index (χ0n) is 14.1. The lowest BCUT2D eigenvalue weighted by atomic mass is 10.1. The summed E-state index contributed by atoms with van der Waals surface area (Å²) in [6.07, 6.45) is 6.59. The van der Waals surface area contributed by atoms with E-state index in [0.717, 1.165) is 37.3 Å². The zero-order valence-corrected chi connectivity index (χ0v) is 14.1. The fourth-order valence-corrected chi connectivity index (χ4v) is 3.46. The van der Waals surface area contributed by atoms with Crippen molar-refractivity contribution in [3.05, 3.63) is 45.8 Å². The van der Waals surface area contributed by atoms with Crippen LogP contribution in [0.3, 0.4) is 0 Å². The first kappa shape index (κ1) is 15.3. The topological polar surface area (TPSA) is 67.2 Å². The number of rotatable bonds is 4. The van der Waals surface area contributed by atoms with Gasteiger partial charge in [0.1, 0.15) is 0 Å². The molecule has 0 radical (unpaired) electrons. The summed E-state index contributed by atoms with van der Waals surface area (Å²) in [4.78, 5) is 20.7. The van der Waals surface area contributed by atoms with E-state index in [0.29, 0.717) is 12.6 Å². The molecule has 7 heteroatoms. The molecule has 24 heavy (non-hydrogen) atoms. The van der Waals surface area contributed by atoms with Crippen molar-refractivity contribution in [3.63, 3.8) is 0 Å². The van der Waals surface area contributed by atoms with E-state index in [1.54, 1.807) is 19.6 Å². The second-order valence-electron chi connectivity index (χ2n) is 6.84. The Kier molecular flexibility index (Phi) is 3.80. The second-order valence-corrected chi connectivity index (χ2v) is 6.84. The van der Waals surface area contributed by atoms with Gasteiger partial charge in [0.15, 0.2) is 5.82 Å². The summed E-state index contributed by atoms with van der Waals surface area (Å²) in [5.41, 5.74) is 3.28. The van der Waals surface area contributed by atoms with E-state index in [4.69, 9.17) is 0 Å². The largest absolute Gasteiger partial charge is 0.352 e. The fraction of sp³-hybridized carbons (Fsp3) is 0.529. The van der Waals surface area contributed by atoms with Crippen molar-refractivity contribution in [1.82, 2.24) is 24.6 Å². The SMILES string of the molecule is CN(Cc1cncn(C)c1=O)C1CN(c2cc3c(nn2)CCC3)C1. The molecule has 0 N–H and O–H groups in total. The smallest absolute Gasteiger partial charge is 0.257 e. The third kappa shape index (κ3) is 2.69. The van der Waals surface area contributed by atoms with Crippen LogP contribution in [0.25, 0.3) is 0 Å². The number of likely N-dealkylation sites (N-methyl/N-ethyl adjacent to an activating group) is 1. The van der Waals surface area contributed by atoms with Gasteiger partial charge in [-0.25, -0.2) is 4.98 Å². The van der Waals surface area contributed by atoms with Gasteiger partial charge in [-0.1, -0.05) is 0 Å². The van der Waals surface area contributed by atoms with Gasteiger partial charge in [0.25, 0.3) is 5.56 Å². The molecule has 1 fully saturated rings. The third-order valence-corrected chi connectivity index (χ3v) is 5.10. The molecule has 1 saturated heterocycles. The van der Waals surface area contributed by atoms with E-state index in [2.05, 4.69) is 38.1 Å². The van der Waals surface area contributed by atoms with Crippen LogP contribution in [0, 0.1) is 0 Å². The van der Waals surface area contributed by atoms with E-state index in [9.17, 15) is 4.79 Å². The van der Waals surface area contributed by atoms with Gasteiger partial charge in [-0.05, 0) is 37.9 Å². The minimum absolute atomic E-state index is 0.0255. The van der Waals surface area contributed by atoms with Crippen molar-refractivity contribution >= 4 is 5.82 Å². The summed E-state index contributed by atoms with van der Waals surface area (Å²) in [6, 6.07) is 2.62. The summed E-state index contributed by atoms with van der Waals surface area (Å²) in [5.74, 6) is 0.984. The normalized spacial score (nSPS) is 17.2. The maximum atomic E-state index is 12.1. The van der Waals surface area contributed by atoms with Crippen LogP contribution in [0.2, 0.25) is 0 Å². The van der Waals surface area contributed by atoms with Crippen LogP contribution in [0.15, 0.2) is 23.4 Å². The van der Waals surface area contributed by atoms with E-state index >= 15 is 0 Å². The van der Waals surface area contributed by atoms with Crippen molar-refractivity contribution < 1.29 is 0 Å². The summed E-state index contributed by atoms with van der Waals surface area (Å²) >= 11 is 0. The molecule has 1 aliphatic carbocycles. The van der Waals surface area contributed by atoms with Crippen molar-refractivity contribution in [2.45, 2.75) is 31.8 Å². The van der Waals surface area contributed by atoms with Gasteiger partial charge >= 0.3 is 0 Å². The number of aryl methyl sites for hydroxylation is 3. The highest BCUT2D eigenvalue weighted by molar-refractivity contribution is 5.45. The van der Waals surface area contributed by atoms with Gasteiger partial charge in [0.05, 0.1) is 12.0 Å². The standard InChI is InChI=1S/C17H22N6O/c1-21(8-13-7-18-11-22(2)17(13)24)14-9-23(10-14)16-6-12-4-3-5-15(12)19-20-16/h6-7,11,14H,3-5,8-10H2,1-2H3. The minimum atomic E-state index is 0.0255. The second kappa shape index (κ2) is 5.98. The molecule has 0 amide bonds. The first-order chi connectivity index (χ1) is 11.6. The summed E-state index contributed by atoms with van der Waals surface area (Å²) in [6.45, 7) is 2.46. The van der Waals surface area contributed by atoms with Gasteiger partial charge in [0, 0.05) is 44.5 Å². The van der Waals surface area contributed by atoms with Crippen molar-refractivity contribution in [1.29, 1.82) is 0 Å². The zero-order chi connectivity index (χ0) is 16.7. The first-order valence-electron chi connectivity index (χ1n) is 8.42. The van der Waals surface area contributed by atoms with Crippen LogP contribution in [-0.2, 0) is 26.4 Å². The van der Waals surface area contributed by atoms with Crippen molar-refractivity contribution in [2.24, 2.45) is 7.05 Å². The third-order valence-electron chi connectivity index (χ3n) is 5.10. The maximum absolute atomic E-state index is 12.1. The van der Waals surface area contributed by atoms with E-state index in [-0.39, 0.29) is 5.56 Å². The maximum Gasteiger partial charge on any atom is 0.257 e. The molecule has 0 atom stereocenters. The summed E-state index contributed by atoms with van der Waals surface area (Å²) < 4.78 is 1.52. The molecule has 1 aliphatic heterocycles.